The largest absolute Gasteiger partial charge is 0.493 e. The molecule has 0 N–H and O–H groups in total. The Bertz CT molecular complexity index is 959. The summed E-state index contributed by atoms with van der Waals surface area (Å²) >= 11 is 5.93. The summed E-state index contributed by atoms with van der Waals surface area (Å²) in [4.78, 5) is 28.2. The SMILES string of the molecule is COc1cc(C(=O)N2CCN(Cc3ccc(Cl)cc3)CC2)c([N+](=O)[O-])c(OC)c1OC. The van der Waals surface area contributed by atoms with Gasteiger partial charge < -0.3 is 19.1 Å². The lowest BCUT2D eigenvalue weighted by molar-refractivity contribution is -0.386. The van der Waals surface area contributed by atoms with E-state index in [9.17, 15) is 14.9 Å². The molecule has 2 aromatic carbocycles. The summed E-state index contributed by atoms with van der Waals surface area (Å²) in [6, 6.07) is 8.97. The molecule has 166 valence electrons. The van der Waals surface area contributed by atoms with E-state index in [1.165, 1.54) is 27.4 Å². The van der Waals surface area contributed by atoms with Crippen molar-refractivity contribution in [1.82, 2.24) is 9.80 Å². The van der Waals surface area contributed by atoms with Gasteiger partial charge >= 0.3 is 5.69 Å². The van der Waals surface area contributed by atoms with Crippen molar-refractivity contribution < 1.29 is 23.9 Å². The van der Waals surface area contributed by atoms with Gasteiger partial charge in [-0.2, -0.15) is 0 Å². The van der Waals surface area contributed by atoms with Crippen molar-refractivity contribution in [3.05, 3.63) is 56.6 Å². The number of rotatable bonds is 7. The summed E-state index contributed by atoms with van der Waals surface area (Å²) in [7, 11) is 4.03. The zero-order valence-electron chi connectivity index (χ0n) is 17.6. The average molecular weight is 450 g/mol. The minimum absolute atomic E-state index is 0.0704. The number of amides is 1. The summed E-state index contributed by atoms with van der Waals surface area (Å²) in [6.45, 7) is 2.92. The van der Waals surface area contributed by atoms with Crippen LogP contribution in [0.5, 0.6) is 17.2 Å². The highest BCUT2D eigenvalue weighted by atomic mass is 35.5. The van der Waals surface area contributed by atoms with Crippen LogP contribution in [0.3, 0.4) is 0 Å². The van der Waals surface area contributed by atoms with Gasteiger partial charge in [-0.15, -0.1) is 0 Å². The zero-order valence-corrected chi connectivity index (χ0v) is 18.3. The molecule has 3 rings (SSSR count). The van der Waals surface area contributed by atoms with E-state index in [0.29, 0.717) is 31.2 Å². The Hall–Kier alpha value is -3.04. The highest BCUT2D eigenvalue weighted by Gasteiger charge is 2.35. The maximum Gasteiger partial charge on any atom is 0.327 e. The lowest BCUT2D eigenvalue weighted by Crippen LogP contribution is -2.48. The lowest BCUT2D eigenvalue weighted by Gasteiger charge is -2.34. The molecule has 31 heavy (non-hydrogen) atoms. The van der Waals surface area contributed by atoms with Crippen LogP contribution in [0.4, 0.5) is 5.69 Å². The first-order chi connectivity index (χ1) is 14.9. The molecule has 1 aliphatic heterocycles. The third kappa shape index (κ3) is 4.83. The van der Waals surface area contributed by atoms with Crippen LogP contribution < -0.4 is 14.2 Å². The molecule has 0 aromatic heterocycles. The normalized spacial score (nSPS) is 14.3. The molecule has 0 atom stereocenters. The Morgan fingerprint density at radius 1 is 1.03 bits per heavy atom. The number of benzene rings is 2. The third-order valence-corrected chi connectivity index (χ3v) is 5.45. The Morgan fingerprint density at radius 3 is 2.16 bits per heavy atom. The fourth-order valence-corrected chi connectivity index (χ4v) is 3.74. The van der Waals surface area contributed by atoms with Crippen molar-refractivity contribution >= 4 is 23.2 Å². The molecule has 0 aliphatic carbocycles. The maximum atomic E-state index is 13.2. The molecule has 1 aliphatic rings. The van der Waals surface area contributed by atoms with Crippen LogP contribution in [0.2, 0.25) is 5.02 Å². The second-order valence-electron chi connectivity index (χ2n) is 6.99. The van der Waals surface area contributed by atoms with Gasteiger partial charge in [-0.05, 0) is 17.7 Å². The van der Waals surface area contributed by atoms with Crippen LogP contribution in [0.15, 0.2) is 30.3 Å². The monoisotopic (exact) mass is 449 g/mol. The van der Waals surface area contributed by atoms with Crippen molar-refractivity contribution in [3.63, 3.8) is 0 Å². The van der Waals surface area contributed by atoms with Gasteiger partial charge in [0.05, 0.1) is 26.3 Å². The molecule has 10 heteroatoms. The standard InChI is InChI=1S/C21H24ClN3O6/c1-29-17-12-16(18(25(27)28)20(31-3)19(17)30-2)21(26)24-10-8-23(9-11-24)13-14-4-6-15(22)7-5-14/h4-7,12H,8-11,13H2,1-3H3. The van der Waals surface area contributed by atoms with E-state index >= 15 is 0 Å². The first-order valence-electron chi connectivity index (χ1n) is 9.63. The molecule has 1 amide bonds. The fourth-order valence-electron chi connectivity index (χ4n) is 3.61. The number of ether oxygens (including phenoxy) is 3. The minimum atomic E-state index is -0.634. The molecule has 0 bridgehead atoms. The van der Waals surface area contributed by atoms with E-state index < -0.39 is 16.5 Å². The number of piperazine rings is 1. The van der Waals surface area contributed by atoms with Crippen molar-refractivity contribution in [1.29, 1.82) is 0 Å². The molecule has 0 unspecified atom stereocenters. The van der Waals surface area contributed by atoms with E-state index in [-0.39, 0.29) is 22.8 Å². The molecule has 0 spiro atoms. The zero-order chi connectivity index (χ0) is 22.5. The van der Waals surface area contributed by atoms with Gasteiger partial charge in [0.1, 0.15) is 5.56 Å². The number of methoxy groups -OCH3 is 3. The van der Waals surface area contributed by atoms with E-state index in [4.69, 9.17) is 25.8 Å². The summed E-state index contributed by atoms with van der Waals surface area (Å²) < 4.78 is 15.7. The average Bonchev–Trinajstić information content (AvgIpc) is 2.78. The molecule has 0 radical (unpaired) electrons. The second-order valence-corrected chi connectivity index (χ2v) is 7.43. The Morgan fingerprint density at radius 2 is 1.65 bits per heavy atom. The number of halogens is 1. The number of hydrogen-bond donors (Lipinski definition) is 0. The van der Waals surface area contributed by atoms with E-state index in [0.717, 1.165) is 12.1 Å². The number of carbonyl (C=O) groups is 1. The number of nitro groups is 1. The van der Waals surface area contributed by atoms with Gasteiger partial charge in [0.2, 0.25) is 11.5 Å². The minimum Gasteiger partial charge on any atom is -0.493 e. The fraction of sp³-hybridized carbons (Fsp3) is 0.381. The van der Waals surface area contributed by atoms with Gasteiger partial charge in [-0.1, -0.05) is 23.7 Å². The smallest absolute Gasteiger partial charge is 0.327 e. The number of hydrogen-bond acceptors (Lipinski definition) is 7. The quantitative estimate of drug-likeness (QED) is 0.473. The molecular formula is C21H24ClN3O6. The summed E-state index contributed by atoms with van der Waals surface area (Å²) in [6.07, 6.45) is 0. The van der Waals surface area contributed by atoms with Gasteiger partial charge in [0.15, 0.2) is 5.75 Å². The van der Waals surface area contributed by atoms with Gasteiger partial charge in [-0.25, -0.2) is 0 Å². The predicted molar refractivity (Wildman–Crippen MR) is 115 cm³/mol. The van der Waals surface area contributed by atoms with Crippen molar-refractivity contribution in [2.75, 3.05) is 47.5 Å². The lowest BCUT2D eigenvalue weighted by atomic mass is 10.1. The first-order valence-corrected chi connectivity index (χ1v) is 10.0. The summed E-state index contributed by atoms with van der Waals surface area (Å²) in [5.41, 5.74) is 0.601. The van der Waals surface area contributed by atoms with E-state index in [2.05, 4.69) is 4.90 Å². The summed E-state index contributed by atoms with van der Waals surface area (Å²) in [5, 5.41) is 12.5. The second kappa shape index (κ2) is 9.84. The van der Waals surface area contributed by atoms with Gasteiger partial charge in [0.25, 0.3) is 5.91 Å². The first kappa shape index (κ1) is 22.6. The molecule has 0 saturated carbocycles. The molecule has 1 heterocycles. The molecule has 9 nitrogen and oxygen atoms in total. The number of carbonyl (C=O) groups excluding carboxylic acids is 1. The van der Waals surface area contributed by atoms with Crippen molar-refractivity contribution in [3.8, 4) is 17.2 Å². The molecule has 1 saturated heterocycles. The van der Waals surface area contributed by atoms with E-state index in [1.807, 2.05) is 24.3 Å². The highest BCUT2D eigenvalue weighted by molar-refractivity contribution is 6.30. The predicted octanol–water partition coefficient (Wildman–Crippen LogP) is 3.23. The van der Waals surface area contributed by atoms with Crippen LogP contribution in [-0.2, 0) is 6.54 Å². The van der Waals surface area contributed by atoms with Crippen LogP contribution in [-0.4, -0.2) is 68.1 Å². The molecule has 1 fully saturated rings. The van der Waals surface area contributed by atoms with Crippen LogP contribution in [0.25, 0.3) is 0 Å². The third-order valence-electron chi connectivity index (χ3n) is 5.20. The Labute approximate surface area is 185 Å². The van der Waals surface area contributed by atoms with Gasteiger partial charge in [-0.3, -0.25) is 19.8 Å². The van der Waals surface area contributed by atoms with Crippen LogP contribution >= 0.6 is 11.6 Å². The Balaban J connectivity index is 1.80. The highest BCUT2D eigenvalue weighted by Crippen LogP contribution is 2.46. The van der Waals surface area contributed by atoms with Gasteiger partial charge in [0, 0.05) is 43.8 Å². The topological polar surface area (TPSA) is 94.4 Å². The van der Waals surface area contributed by atoms with Crippen molar-refractivity contribution in [2.45, 2.75) is 6.54 Å². The van der Waals surface area contributed by atoms with Crippen molar-refractivity contribution in [2.24, 2.45) is 0 Å². The molecular weight excluding hydrogens is 426 g/mol. The number of nitro benzene ring substituents is 1. The summed E-state index contributed by atoms with van der Waals surface area (Å²) in [5.74, 6) is -0.329. The van der Waals surface area contributed by atoms with Crippen LogP contribution in [0, 0.1) is 10.1 Å². The number of nitrogens with zero attached hydrogens (tertiary/aromatic N) is 3. The van der Waals surface area contributed by atoms with E-state index in [1.54, 1.807) is 4.90 Å². The molecule has 2 aromatic rings. The van der Waals surface area contributed by atoms with Crippen LogP contribution in [0.1, 0.15) is 15.9 Å². The maximum absolute atomic E-state index is 13.2. The Kier molecular flexibility index (Phi) is 7.19.